The fourth-order valence-corrected chi connectivity index (χ4v) is 3.81. The molecule has 0 unspecified atom stereocenters. The van der Waals surface area contributed by atoms with Crippen molar-refractivity contribution in [1.82, 2.24) is 0 Å². The first-order chi connectivity index (χ1) is 7.99. The number of carbonyl (C=O) groups is 1. The molecular formula is C12H7Br2IOS. The molecule has 0 fully saturated rings. The molecule has 88 valence electrons. The van der Waals surface area contributed by atoms with Gasteiger partial charge in [0.25, 0.3) is 0 Å². The standard InChI is InChI=1S/C12H7Br2IOS/c1-6-4-10(17-12(6)14)11(16)8-5-7(13)2-3-9(8)15/h2-5H,1H3. The quantitative estimate of drug-likeness (QED) is 0.410. The topological polar surface area (TPSA) is 17.1 Å². The Bertz CT molecular complexity index is 573. The lowest BCUT2D eigenvalue weighted by atomic mass is 10.1. The minimum absolute atomic E-state index is 0.0782. The van der Waals surface area contributed by atoms with Crippen LogP contribution in [0.5, 0.6) is 0 Å². The Morgan fingerprint density at radius 1 is 1.29 bits per heavy atom. The molecule has 0 saturated carbocycles. The van der Waals surface area contributed by atoms with Gasteiger partial charge in [-0.05, 0) is 75.3 Å². The van der Waals surface area contributed by atoms with Crippen molar-refractivity contribution in [1.29, 1.82) is 0 Å². The summed E-state index contributed by atoms with van der Waals surface area (Å²) in [4.78, 5) is 13.1. The Kier molecular flexibility index (Phi) is 4.44. The van der Waals surface area contributed by atoms with Gasteiger partial charge in [-0.25, -0.2) is 0 Å². The maximum Gasteiger partial charge on any atom is 0.204 e. The van der Waals surface area contributed by atoms with Crippen molar-refractivity contribution in [2.24, 2.45) is 0 Å². The zero-order valence-electron chi connectivity index (χ0n) is 8.76. The monoisotopic (exact) mass is 484 g/mol. The Morgan fingerprint density at radius 2 is 2.00 bits per heavy atom. The highest BCUT2D eigenvalue weighted by atomic mass is 127. The van der Waals surface area contributed by atoms with Crippen molar-refractivity contribution < 1.29 is 4.79 Å². The van der Waals surface area contributed by atoms with Crippen molar-refractivity contribution in [3.63, 3.8) is 0 Å². The molecule has 1 aromatic heterocycles. The van der Waals surface area contributed by atoms with Gasteiger partial charge in [-0.2, -0.15) is 0 Å². The second-order valence-electron chi connectivity index (χ2n) is 3.52. The van der Waals surface area contributed by atoms with Crippen LogP contribution in [0.4, 0.5) is 0 Å². The van der Waals surface area contributed by atoms with E-state index in [0.717, 1.165) is 27.8 Å². The number of benzene rings is 1. The molecule has 0 saturated heterocycles. The number of thiophene rings is 1. The van der Waals surface area contributed by atoms with Gasteiger partial charge in [-0.3, -0.25) is 4.79 Å². The van der Waals surface area contributed by atoms with Gasteiger partial charge >= 0.3 is 0 Å². The van der Waals surface area contributed by atoms with E-state index in [4.69, 9.17) is 0 Å². The summed E-state index contributed by atoms with van der Waals surface area (Å²) < 4.78 is 2.91. The van der Waals surface area contributed by atoms with E-state index in [1.54, 1.807) is 0 Å². The second-order valence-corrected chi connectivity index (χ2v) is 7.97. The summed E-state index contributed by atoms with van der Waals surface area (Å²) in [7, 11) is 0. The minimum Gasteiger partial charge on any atom is -0.288 e. The number of hydrogen-bond acceptors (Lipinski definition) is 2. The number of carbonyl (C=O) groups excluding carboxylic acids is 1. The van der Waals surface area contributed by atoms with E-state index in [-0.39, 0.29) is 5.78 Å². The highest BCUT2D eigenvalue weighted by Crippen LogP contribution is 2.30. The highest BCUT2D eigenvalue weighted by Gasteiger charge is 2.16. The summed E-state index contributed by atoms with van der Waals surface area (Å²) in [6.45, 7) is 1.99. The molecule has 0 aliphatic heterocycles. The molecule has 0 aliphatic carbocycles. The lowest BCUT2D eigenvalue weighted by Crippen LogP contribution is -2.01. The summed E-state index contributed by atoms with van der Waals surface area (Å²) in [5.74, 6) is 0.0782. The van der Waals surface area contributed by atoms with Crippen molar-refractivity contribution in [3.8, 4) is 0 Å². The molecular weight excluding hydrogens is 479 g/mol. The molecule has 0 spiro atoms. The largest absolute Gasteiger partial charge is 0.288 e. The third-order valence-corrected chi connectivity index (χ3v) is 5.82. The Morgan fingerprint density at radius 3 is 2.59 bits per heavy atom. The molecule has 1 heterocycles. The van der Waals surface area contributed by atoms with Crippen LogP contribution in [0.2, 0.25) is 0 Å². The molecule has 0 N–H and O–H groups in total. The van der Waals surface area contributed by atoms with E-state index in [1.165, 1.54) is 11.3 Å². The van der Waals surface area contributed by atoms with E-state index in [9.17, 15) is 4.79 Å². The molecule has 0 radical (unpaired) electrons. The Labute approximate surface area is 134 Å². The first kappa shape index (κ1) is 13.7. The summed E-state index contributed by atoms with van der Waals surface area (Å²) >= 11 is 10.5. The number of hydrogen-bond donors (Lipinski definition) is 0. The molecule has 0 amide bonds. The first-order valence-corrected chi connectivity index (χ1v) is 8.23. The molecule has 0 aliphatic rings. The number of ketones is 1. The van der Waals surface area contributed by atoms with E-state index >= 15 is 0 Å². The van der Waals surface area contributed by atoms with Gasteiger partial charge in [0.2, 0.25) is 5.78 Å². The van der Waals surface area contributed by atoms with Crippen molar-refractivity contribution in [2.45, 2.75) is 6.92 Å². The van der Waals surface area contributed by atoms with Gasteiger partial charge in [0.15, 0.2) is 0 Å². The zero-order valence-corrected chi connectivity index (χ0v) is 14.9. The van der Waals surface area contributed by atoms with Crippen molar-refractivity contribution >= 4 is 71.6 Å². The summed E-state index contributed by atoms with van der Waals surface area (Å²) in [5.41, 5.74) is 1.84. The molecule has 1 nitrogen and oxygen atoms in total. The predicted molar refractivity (Wildman–Crippen MR) is 87.0 cm³/mol. The minimum atomic E-state index is 0.0782. The molecule has 1 aromatic carbocycles. The highest BCUT2D eigenvalue weighted by molar-refractivity contribution is 14.1. The SMILES string of the molecule is Cc1cc(C(=O)c2cc(Br)ccc2I)sc1Br. The Balaban J connectivity index is 2.47. The lowest BCUT2D eigenvalue weighted by Gasteiger charge is -2.02. The Hall–Kier alpha value is 0.280. The molecule has 17 heavy (non-hydrogen) atoms. The maximum absolute atomic E-state index is 12.3. The average molecular weight is 486 g/mol. The van der Waals surface area contributed by atoms with Crippen LogP contribution in [0.1, 0.15) is 20.8 Å². The number of halogens is 3. The van der Waals surface area contributed by atoms with Gasteiger partial charge in [-0.1, -0.05) is 15.9 Å². The second kappa shape index (κ2) is 5.50. The van der Waals surface area contributed by atoms with Gasteiger partial charge in [0.1, 0.15) is 0 Å². The average Bonchev–Trinajstić information content (AvgIpc) is 2.62. The van der Waals surface area contributed by atoms with Crippen LogP contribution in [0.25, 0.3) is 0 Å². The van der Waals surface area contributed by atoms with Crippen LogP contribution >= 0.6 is 65.8 Å². The van der Waals surface area contributed by atoms with Crippen LogP contribution in [0.3, 0.4) is 0 Å². The zero-order chi connectivity index (χ0) is 12.6. The van der Waals surface area contributed by atoms with Crippen LogP contribution in [-0.4, -0.2) is 5.78 Å². The summed E-state index contributed by atoms with van der Waals surface area (Å²) in [5, 5.41) is 0. The maximum atomic E-state index is 12.3. The molecule has 5 heteroatoms. The van der Waals surface area contributed by atoms with Crippen LogP contribution in [0, 0.1) is 10.5 Å². The van der Waals surface area contributed by atoms with E-state index in [2.05, 4.69) is 54.5 Å². The van der Waals surface area contributed by atoms with Gasteiger partial charge in [-0.15, -0.1) is 11.3 Å². The molecule has 0 atom stereocenters. The van der Waals surface area contributed by atoms with Gasteiger partial charge < -0.3 is 0 Å². The van der Waals surface area contributed by atoms with Gasteiger partial charge in [0, 0.05) is 13.6 Å². The molecule has 2 aromatic rings. The van der Waals surface area contributed by atoms with Crippen molar-refractivity contribution in [3.05, 3.63) is 52.1 Å². The normalized spacial score (nSPS) is 10.6. The smallest absolute Gasteiger partial charge is 0.204 e. The van der Waals surface area contributed by atoms with E-state index in [1.807, 2.05) is 31.2 Å². The predicted octanol–water partition coefficient (Wildman–Crippen LogP) is 5.42. The number of rotatable bonds is 2. The van der Waals surface area contributed by atoms with E-state index in [0.29, 0.717) is 0 Å². The summed E-state index contributed by atoms with van der Waals surface area (Å²) in [6.07, 6.45) is 0. The molecule has 2 rings (SSSR count). The van der Waals surface area contributed by atoms with Crippen LogP contribution in [-0.2, 0) is 0 Å². The molecule has 0 bridgehead atoms. The first-order valence-electron chi connectivity index (χ1n) is 4.74. The van der Waals surface area contributed by atoms with Crippen LogP contribution in [0.15, 0.2) is 32.5 Å². The van der Waals surface area contributed by atoms with Gasteiger partial charge in [0.05, 0.1) is 8.66 Å². The fourth-order valence-electron chi connectivity index (χ4n) is 1.38. The third kappa shape index (κ3) is 3.00. The van der Waals surface area contributed by atoms with Crippen molar-refractivity contribution in [2.75, 3.05) is 0 Å². The number of aryl methyl sites for hydroxylation is 1. The third-order valence-electron chi connectivity index (χ3n) is 2.25. The lowest BCUT2D eigenvalue weighted by molar-refractivity contribution is 0.104. The fraction of sp³-hybridized carbons (Fsp3) is 0.0833. The van der Waals surface area contributed by atoms with E-state index < -0.39 is 0 Å². The van der Waals surface area contributed by atoms with Crippen LogP contribution < -0.4 is 0 Å². The summed E-state index contributed by atoms with van der Waals surface area (Å²) in [6, 6.07) is 7.67.